The molecule has 0 aliphatic carbocycles. The van der Waals surface area contributed by atoms with Crippen LogP contribution in [0.25, 0.3) is 0 Å². The molecule has 1 N–H and O–H groups in total. The van der Waals surface area contributed by atoms with Crippen LogP contribution in [0.2, 0.25) is 0 Å². The van der Waals surface area contributed by atoms with Crippen molar-refractivity contribution in [1.82, 2.24) is 23.9 Å². The zero-order valence-electron chi connectivity index (χ0n) is 14.8. The summed E-state index contributed by atoms with van der Waals surface area (Å²) in [5.74, 6) is 2.27. The van der Waals surface area contributed by atoms with Crippen LogP contribution >= 0.6 is 0 Å². The van der Waals surface area contributed by atoms with E-state index < -0.39 is 11.2 Å². The summed E-state index contributed by atoms with van der Waals surface area (Å²) < 4.78 is 4.10. The van der Waals surface area contributed by atoms with Crippen molar-refractivity contribution in [3.05, 3.63) is 38.1 Å². The molecule has 0 saturated carbocycles. The van der Waals surface area contributed by atoms with Crippen molar-refractivity contribution in [2.24, 2.45) is 14.1 Å². The molecular weight excluding hydrogens is 322 g/mol. The van der Waals surface area contributed by atoms with E-state index in [1.807, 2.05) is 24.6 Å². The van der Waals surface area contributed by atoms with Gasteiger partial charge in [0.2, 0.25) is 0 Å². The lowest BCUT2D eigenvalue weighted by Gasteiger charge is -2.25. The van der Waals surface area contributed by atoms with Gasteiger partial charge in [-0.05, 0) is 6.42 Å². The van der Waals surface area contributed by atoms with E-state index in [1.54, 1.807) is 7.05 Å². The highest BCUT2D eigenvalue weighted by atomic mass is 16.2. The van der Waals surface area contributed by atoms with Crippen LogP contribution in [0.3, 0.4) is 0 Å². The van der Waals surface area contributed by atoms with Crippen molar-refractivity contribution in [1.29, 1.82) is 5.26 Å². The van der Waals surface area contributed by atoms with Gasteiger partial charge in [-0.2, -0.15) is 10.4 Å². The zero-order chi connectivity index (χ0) is 18.3. The summed E-state index contributed by atoms with van der Waals surface area (Å²) in [6, 6.07) is 1.87. The smallest absolute Gasteiger partial charge is 0.332 e. The molecule has 0 unspecified atom stereocenters. The fraction of sp³-hybridized carbons (Fsp3) is 0.562. The highest BCUT2D eigenvalue weighted by Gasteiger charge is 2.25. The molecule has 0 aromatic carbocycles. The topological polar surface area (TPSA) is 111 Å². The van der Waals surface area contributed by atoms with Crippen LogP contribution < -0.4 is 16.6 Å². The zero-order valence-corrected chi connectivity index (χ0v) is 14.8. The molecule has 9 nitrogen and oxygen atoms in total. The third-order valence-corrected chi connectivity index (χ3v) is 4.51. The maximum atomic E-state index is 12.2. The molecule has 0 amide bonds. The van der Waals surface area contributed by atoms with E-state index >= 15 is 0 Å². The number of hydrogen-bond acceptors (Lipinski definition) is 6. The fourth-order valence-corrected chi connectivity index (χ4v) is 3.00. The van der Waals surface area contributed by atoms with E-state index in [1.165, 1.54) is 11.6 Å². The van der Waals surface area contributed by atoms with Gasteiger partial charge in [0.15, 0.2) is 11.4 Å². The second-order valence-corrected chi connectivity index (χ2v) is 6.64. The molecule has 0 saturated heterocycles. The predicted octanol–water partition coefficient (Wildman–Crippen LogP) is 0.0975. The molecule has 2 aromatic rings. The van der Waals surface area contributed by atoms with Crippen molar-refractivity contribution < 1.29 is 0 Å². The standard InChI is InChI=1S/C16H21N7O2/c1-9(2)13-19-12-6-5-10(8-23(12)20-13)18-14-11(7-17)15(24)22(4)16(25)21(14)3/h9-10,18H,5-6,8H2,1-4H3/t10-/m0/s1. The van der Waals surface area contributed by atoms with Crippen LogP contribution in [0.5, 0.6) is 0 Å². The molecule has 2 aromatic heterocycles. The molecule has 1 aliphatic rings. The number of anilines is 1. The molecule has 0 bridgehead atoms. The van der Waals surface area contributed by atoms with Crippen molar-refractivity contribution >= 4 is 5.82 Å². The van der Waals surface area contributed by atoms with Crippen molar-refractivity contribution in [3.63, 3.8) is 0 Å². The van der Waals surface area contributed by atoms with Gasteiger partial charge in [0.25, 0.3) is 5.56 Å². The SMILES string of the molecule is CC(C)c1nc2n(n1)C[C@@H](Nc1c(C#N)c(=O)n(C)c(=O)n1C)CC2. The minimum Gasteiger partial charge on any atom is -0.365 e. The van der Waals surface area contributed by atoms with Gasteiger partial charge in [-0.3, -0.25) is 13.9 Å². The van der Waals surface area contributed by atoms with Gasteiger partial charge in [0.05, 0.1) is 6.54 Å². The second-order valence-electron chi connectivity index (χ2n) is 6.64. The predicted molar refractivity (Wildman–Crippen MR) is 91.5 cm³/mol. The van der Waals surface area contributed by atoms with E-state index in [0.717, 1.165) is 29.1 Å². The number of rotatable bonds is 3. The first-order valence-corrected chi connectivity index (χ1v) is 8.23. The molecule has 132 valence electrons. The third kappa shape index (κ3) is 2.84. The Morgan fingerprint density at radius 2 is 2.00 bits per heavy atom. The van der Waals surface area contributed by atoms with Gasteiger partial charge in [-0.1, -0.05) is 13.8 Å². The van der Waals surface area contributed by atoms with Gasteiger partial charge in [-0.25, -0.2) is 14.5 Å². The summed E-state index contributed by atoms with van der Waals surface area (Å²) in [5.41, 5.74) is -1.12. The summed E-state index contributed by atoms with van der Waals surface area (Å²) in [6.45, 7) is 4.67. The Morgan fingerprint density at radius 1 is 1.28 bits per heavy atom. The number of nitriles is 1. The average Bonchev–Trinajstić information content (AvgIpc) is 3.02. The van der Waals surface area contributed by atoms with Gasteiger partial charge in [-0.15, -0.1) is 0 Å². The van der Waals surface area contributed by atoms with Crippen LogP contribution in [-0.4, -0.2) is 29.9 Å². The molecular formula is C16H21N7O2. The van der Waals surface area contributed by atoms with Gasteiger partial charge in [0.1, 0.15) is 17.7 Å². The number of aromatic nitrogens is 5. The summed E-state index contributed by atoms with van der Waals surface area (Å²) >= 11 is 0. The average molecular weight is 343 g/mol. The minimum absolute atomic E-state index is 0.0426. The molecule has 0 radical (unpaired) electrons. The maximum absolute atomic E-state index is 12.2. The van der Waals surface area contributed by atoms with E-state index in [2.05, 4.69) is 15.4 Å². The van der Waals surface area contributed by atoms with Gasteiger partial charge < -0.3 is 5.32 Å². The lowest BCUT2D eigenvalue weighted by Crippen LogP contribution is -2.42. The molecule has 3 rings (SSSR count). The van der Waals surface area contributed by atoms with Crippen LogP contribution in [0.15, 0.2) is 9.59 Å². The summed E-state index contributed by atoms with van der Waals surface area (Å²) in [5, 5.41) is 17.1. The number of aryl methyl sites for hydroxylation is 1. The normalized spacial score (nSPS) is 16.6. The highest BCUT2D eigenvalue weighted by molar-refractivity contribution is 5.51. The molecule has 0 spiro atoms. The van der Waals surface area contributed by atoms with Crippen molar-refractivity contribution in [2.75, 3.05) is 5.32 Å². The maximum Gasteiger partial charge on any atom is 0.332 e. The highest BCUT2D eigenvalue weighted by Crippen LogP contribution is 2.20. The lowest BCUT2D eigenvalue weighted by atomic mass is 10.1. The van der Waals surface area contributed by atoms with Crippen molar-refractivity contribution in [3.8, 4) is 6.07 Å². The lowest BCUT2D eigenvalue weighted by molar-refractivity contribution is 0.437. The fourth-order valence-electron chi connectivity index (χ4n) is 3.00. The largest absolute Gasteiger partial charge is 0.365 e. The Kier molecular flexibility index (Phi) is 4.20. The first-order chi connectivity index (χ1) is 11.8. The monoisotopic (exact) mass is 343 g/mol. The van der Waals surface area contributed by atoms with Crippen LogP contribution in [0.1, 0.15) is 43.4 Å². The molecule has 9 heteroatoms. The van der Waals surface area contributed by atoms with E-state index in [9.17, 15) is 14.9 Å². The van der Waals surface area contributed by atoms with Crippen LogP contribution in [0.4, 0.5) is 5.82 Å². The minimum atomic E-state index is -0.590. The Bertz CT molecular complexity index is 974. The summed E-state index contributed by atoms with van der Waals surface area (Å²) in [7, 11) is 2.91. The van der Waals surface area contributed by atoms with E-state index in [4.69, 9.17) is 0 Å². The Balaban J connectivity index is 1.93. The van der Waals surface area contributed by atoms with Crippen molar-refractivity contribution in [2.45, 2.75) is 45.2 Å². The van der Waals surface area contributed by atoms with Crippen LogP contribution in [-0.2, 0) is 27.1 Å². The number of fused-ring (bicyclic) bond motifs is 1. The van der Waals surface area contributed by atoms with E-state index in [0.29, 0.717) is 6.54 Å². The molecule has 1 atom stereocenters. The Morgan fingerprint density at radius 3 is 2.64 bits per heavy atom. The Labute approximate surface area is 144 Å². The number of hydrogen-bond donors (Lipinski definition) is 1. The van der Waals surface area contributed by atoms with Gasteiger partial charge >= 0.3 is 5.69 Å². The van der Waals surface area contributed by atoms with Gasteiger partial charge in [0, 0.05) is 32.5 Å². The molecule has 0 fully saturated rings. The van der Waals surface area contributed by atoms with Crippen LogP contribution in [0, 0.1) is 11.3 Å². The quantitative estimate of drug-likeness (QED) is 0.846. The first kappa shape index (κ1) is 17.0. The number of nitrogens with one attached hydrogen (secondary N) is 1. The summed E-state index contributed by atoms with van der Waals surface area (Å²) in [6.07, 6.45) is 1.53. The molecule has 25 heavy (non-hydrogen) atoms. The summed E-state index contributed by atoms with van der Waals surface area (Å²) in [4.78, 5) is 28.9. The Hall–Kier alpha value is -2.89. The second kappa shape index (κ2) is 6.20. The molecule has 3 heterocycles. The number of nitrogens with zero attached hydrogens (tertiary/aromatic N) is 6. The first-order valence-electron chi connectivity index (χ1n) is 8.23. The van der Waals surface area contributed by atoms with E-state index in [-0.39, 0.29) is 23.3 Å². The third-order valence-electron chi connectivity index (χ3n) is 4.51. The molecule has 1 aliphatic heterocycles.